The molecule has 0 aliphatic carbocycles. The van der Waals surface area contributed by atoms with Gasteiger partial charge in [0, 0.05) is 6.07 Å². The van der Waals surface area contributed by atoms with Crippen molar-refractivity contribution in [1.82, 2.24) is 0 Å². The van der Waals surface area contributed by atoms with E-state index in [0.717, 1.165) is 0 Å². The quantitative estimate of drug-likeness (QED) is 0.820. The van der Waals surface area contributed by atoms with Gasteiger partial charge in [-0.1, -0.05) is 26.0 Å². The van der Waals surface area contributed by atoms with Gasteiger partial charge in [-0.15, -0.1) is 0 Å². The molecule has 0 amide bonds. The van der Waals surface area contributed by atoms with Crippen LogP contribution in [0.4, 0.5) is 0 Å². The van der Waals surface area contributed by atoms with Crippen LogP contribution in [0.2, 0.25) is 0 Å². The lowest BCUT2D eigenvalue weighted by molar-refractivity contribution is 0.409. The van der Waals surface area contributed by atoms with Gasteiger partial charge in [-0.25, -0.2) is 0 Å². The molecule has 2 aromatic carbocycles. The van der Waals surface area contributed by atoms with Crippen molar-refractivity contribution in [1.29, 1.82) is 5.26 Å². The predicted octanol–water partition coefficient (Wildman–Crippen LogP) is 4.48. The van der Waals surface area contributed by atoms with Gasteiger partial charge in [0.15, 0.2) is 0 Å². The molecule has 102 valence electrons. The Labute approximate surface area is 119 Å². The summed E-state index contributed by atoms with van der Waals surface area (Å²) >= 11 is 0. The van der Waals surface area contributed by atoms with Crippen molar-refractivity contribution in [3.8, 4) is 23.3 Å². The van der Waals surface area contributed by atoms with E-state index in [4.69, 9.17) is 14.7 Å². The van der Waals surface area contributed by atoms with Crippen molar-refractivity contribution < 1.29 is 9.47 Å². The maximum atomic E-state index is 9.11. The summed E-state index contributed by atoms with van der Waals surface area (Å²) in [5, 5.41) is 9.11. The molecule has 0 bridgehead atoms. The van der Waals surface area contributed by atoms with Gasteiger partial charge >= 0.3 is 0 Å². The SMILES string of the molecule is COc1ccc(C#N)c(Oc2ccc(C(C)C)cc2)c1. The Morgan fingerprint density at radius 2 is 1.65 bits per heavy atom. The monoisotopic (exact) mass is 267 g/mol. The molecule has 0 spiro atoms. The summed E-state index contributed by atoms with van der Waals surface area (Å²) in [4.78, 5) is 0. The fourth-order valence-electron chi connectivity index (χ4n) is 1.85. The smallest absolute Gasteiger partial charge is 0.148 e. The molecule has 0 radical (unpaired) electrons. The molecule has 0 atom stereocenters. The van der Waals surface area contributed by atoms with Crippen LogP contribution in [0.1, 0.15) is 30.9 Å². The first kappa shape index (κ1) is 14.0. The zero-order chi connectivity index (χ0) is 14.5. The molecule has 3 nitrogen and oxygen atoms in total. The average Bonchev–Trinajstić information content (AvgIpc) is 2.47. The summed E-state index contributed by atoms with van der Waals surface area (Å²) in [6.07, 6.45) is 0. The number of ether oxygens (including phenoxy) is 2. The molecule has 3 heteroatoms. The summed E-state index contributed by atoms with van der Waals surface area (Å²) in [5.41, 5.74) is 1.74. The minimum atomic E-state index is 0.482. The molecule has 0 N–H and O–H groups in total. The Hall–Kier alpha value is -2.47. The first-order chi connectivity index (χ1) is 9.63. The van der Waals surface area contributed by atoms with Crippen molar-refractivity contribution in [2.75, 3.05) is 7.11 Å². The lowest BCUT2D eigenvalue weighted by Crippen LogP contribution is -1.92. The number of nitriles is 1. The highest BCUT2D eigenvalue weighted by molar-refractivity contribution is 5.49. The third-order valence-electron chi connectivity index (χ3n) is 3.08. The third-order valence-corrected chi connectivity index (χ3v) is 3.08. The number of hydrogen-bond donors (Lipinski definition) is 0. The number of nitrogens with zero attached hydrogens (tertiary/aromatic N) is 1. The zero-order valence-corrected chi connectivity index (χ0v) is 11.9. The van der Waals surface area contributed by atoms with E-state index in [2.05, 4.69) is 19.9 Å². The highest BCUT2D eigenvalue weighted by atomic mass is 16.5. The van der Waals surface area contributed by atoms with Crippen LogP contribution >= 0.6 is 0 Å². The largest absolute Gasteiger partial charge is 0.497 e. The van der Waals surface area contributed by atoms with Crippen LogP contribution in [0.15, 0.2) is 42.5 Å². The van der Waals surface area contributed by atoms with E-state index in [1.807, 2.05) is 24.3 Å². The second-order valence-electron chi connectivity index (χ2n) is 4.80. The molecular formula is C17H17NO2. The average molecular weight is 267 g/mol. The molecule has 0 aromatic heterocycles. The molecule has 0 heterocycles. The molecule has 2 aromatic rings. The molecular weight excluding hydrogens is 250 g/mol. The van der Waals surface area contributed by atoms with Crippen LogP contribution in [0.5, 0.6) is 17.2 Å². The number of methoxy groups -OCH3 is 1. The van der Waals surface area contributed by atoms with Gasteiger partial charge in [-0.3, -0.25) is 0 Å². The predicted molar refractivity (Wildman–Crippen MR) is 78.3 cm³/mol. The van der Waals surface area contributed by atoms with Gasteiger partial charge in [0.1, 0.15) is 23.3 Å². The van der Waals surface area contributed by atoms with Gasteiger partial charge in [0.05, 0.1) is 12.7 Å². The second kappa shape index (κ2) is 6.12. The molecule has 0 saturated carbocycles. The summed E-state index contributed by atoms with van der Waals surface area (Å²) < 4.78 is 10.9. The van der Waals surface area contributed by atoms with Crippen LogP contribution in [-0.2, 0) is 0 Å². The van der Waals surface area contributed by atoms with Crippen LogP contribution in [0, 0.1) is 11.3 Å². The molecule has 0 aliphatic heterocycles. The summed E-state index contributed by atoms with van der Waals surface area (Å²) in [6.45, 7) is 4.29. The Kier molecular flexibility index (Phi) is 4.27. The van der Waals surface area contributed by atoms with Crippen molar-refractivity contribution in [2.24, 2.45) is 0 Å². The fourth-order valence-corrected chi connectivity index (χ4v) is 1.85. The number of benzene rings is 2. The summed E-state index contributed by atoms with van der Waals surface area (Å²) in [6, 6.07) is 15.2. The zero-order valence-electron chi connectivity index (χ0n) is 11.9. The first-order valence-corrected chi connectivity index (χ1v) is 6.50. The van der Waals surface area contributed by atoms with Crippen LogP contribution < -0.4 is 9.47 Å². The van der Waals surface area contributed by atoms with Crippen molar-refractivity contribution in [2.45, 2.75) is 19.8 Å². The maximum Gasteiger partial charge on any atom is 0.148 e. The Bertz CT molecular complexity index is 624. The maximum absolute atomic E-state index is 9.11. The lowest BCUT2D eigenvalue weighted by Gasteiger charge is -2.10. The van der Waals surface area contributed by atoms with Crippen LogP contribution in [0.3, 0.4) is 0 Å². The first-order valence-electron chi connectivity index (χ1n) is 6.50. The summed E-state index contributed by atoms with van der Waals surface area (Å²) in [7, 11) is 1.59. The van der Waals surface area contributed by atoms with Crippen molar-refractivity contribution in [3.63, 3.8) is 0 Å². The van der Waals surface area contributed by atoms with E-state index in [1.165, 1.54) is 5.56 Å². The standard InChI is InChI=1S/C17H17NO2/c1-12(2)13-4-7-15(8-5-13)20-17-10-16(19-3)9-6-14(17)11-18/h4-10,12H,1-3H3. The molecule has 20 heavy (non-hydrogen) atoms. The second-order valence-corrected chi connectivity index (χ2v) is 4.80. The normalized spacial score (nSPS) is 10.2. The number of hydrogen-bond acceptors (Lipinski definition) is 3. The molecule has 2 rings (SSSR count). The molecule has 0 unspecified atom stereocenters. The van der Waals surface area contributed by atoms with Gasteiger partial charge in [0.25, 0.3) is 0 Å². The topological polar surface area (TPSA) is 42.2 Å². The highest BCUT2D eigenvalue weighted by Crippen LogP contribution is 2.29. The van der Waals surface area contributed by atoms with E-state index in [9.17, 15) is 0 Å². The van der Waals surface area contributed by atoms with Gasteiger partial charge in [-0.05, 0) is 35.7 Å². The summed E-state index contributed by atoms with van der Waals surface area (Å²) in [5.74, 6) is 2.36. The minimum absolute atomic E-state index is 0.482. The Morgan fingerprint density at radius 3 is 2.20 bits per heavy atom. The van der Waals surface area contributed by atoms with Crippen LogP contribution in [0.25, 0.3) is 0 Å². The van der Waals surface area contributed by atoms with Gasteiger partial charge in [0.2, 0.25) is 0 Å². The number of rotatable bonds is 4. The van der Waals surface area contributed by atoms with Gasteiger partial charge < -0.3 is 9.47 Å². The molecule has 0 saturated heterocycles. The van der Waals surface area contributed by atoms with Crippen LogP contribution in [-0.4, -0.2) is 7.11 Å². The fraction of sp³-hybridized carbons (Fsp3) is 0.235. The third kappa shape index (κ3) is 3.10. The molecule has 0 aliphatic rings. The molecule has 0 fully saturated rings. The van der Waals surface area contributed by atoms with Gasteiger partial charge in [-0.2, -0.15) is 5.26 Å². The van der Waals surface area contributed by atoms with E-state index < -0.39 is 0 Å². The minimum Gasteiger partial charge on any atom is -0.497 e. The Morgan fingerprint density at radius 1 is 1.00 bits per heavy atom. The van der Waals surface area contributed by atoms with E-state index in [1.54, 1.807) is 25.3 Å². The van der Waals surface area contributed by atoms with Crippen molar-refractivity contribution >= 4 is 0 Å². The van der Waals surface area contributed by atoms with E-state index in [0.29, 0.717) is 28.7 Å². The highest BCUT2D eigenvalue weighted by Gasteiger charge is 2.07. The van der Waals surface area contributed by atoms with Crippen molar-refractivity contribution in [3.05, 3.63) is 53.6 Å². The lowest BCUT2D eigenvalue weighted by atomic mass is 10.0. The van der Waals surface area contributed by atoms with E-state index in [-0.39, 0.29) is 0 Å². The Balaban J connectivity index is 2.27. The van der Waals surface area contributed by atoms with E-state index >= 15 is 0 Å².